The monoisotopic (exact) mass is 305 g/mol. The summed E-state index contributed by atoms with van der Waals surface area (Å²) < 4.78 is 5.43. The van der Waals surface area contributed by atoms with Gasteiger partial charge in [-0.1, -0.05) is 26.7 Å². The molecule has 1 aliphatic rings. The molecule has 1 aromatic heterocycles. The lowest BCUT2D eigenvalue weighted by molar-refractivity contribution is -0.125. The molecule has 1 aliphatic heterocycles. The largest absolute Gasteiger partial charge is 0.379 e. The van der Waals surface area contributed by atoms with Crippen LogP contribution in [0.1, 0.15) is 32.3 Å². The summed E-state index contributed by atoms with van der Waals surface area (Å²) in [5.41, 5.74) is 1.82. The molecule has 5 heteroatoms. The highest BCUT2D eigenvalue weighted by atomic mass is 16.5. The van der Waals surface area contributed by atoms with E-state index in [9.17, 15) is 4.79 Å². The third-order valence-corrected chi connectivity index (χ3v) is 4.35. The number of morpholine rings is 1. The van der Waals surface area contributed by atoms with Gasteiger partial charge in [0.15, 0.2) is 0 Å². The first-order chi connectivity index (χ1) is 10.7. The van der Waals surface area contributed by atoms with Gasteiger partial charge in [-0.2, -0.15) is 0 Å². The molecule has 0 aromatic carbocycles. The summed E-state index contributed by atoms with van der Waals surface area (Å²) in [6, 6.07) is 1.85. The van der Waals surface area contributed by atoms with Crippen molar-refractivity contribution < 1.29 is 9.53 Å². The number of pyridine rings is 1. The van der Waals surface area contributed by atoms with E-state index in [4.69, 9.17) is 4.74 Å². The molecule has 1 fully saturated rings. The average molecular weight is 305 g/mol. The van der Waals surface area contributed by atoms with Gasteiger partial charge in [0.2, 0.25) is 5.91 Å². The van der Waals surface area contributed by atoms with Gasteiger partial charge in [-0.3, -0.25) is 14.7 Å². The lowest BCUT2D eigenvalue weighted by Gasteiger charge is -2.37. The molecule has 22 heavy (non-hydrogen) atoms. The minimum absolute atomic E-state index is 0.0722. The van der Waals surface area contributed by atoms with Gasteiger partial charge in [0, 0.05) is 19.3 Å². The molecule has 0 saturated carbocycles. The predicted octanol–water partition coefficient (Wildman–Crippen LogP) is 2.47. The Hall–Kier alpha value is -1.46. The van der Waals surface area contributed by atoms with Gasteiger partial charge >= 0.3 is 0 Å². The lowest BCUT2D eigenvalue weighted by atomic mass is 9.91. The summed E-state index contributed by atoms with van der Waals surface area (Å²) in [5, 5.41) is 3.05. The highest BCUT2D eigenvalue weighted by Gasteiger charge is 2.32. The van der Waals surface area contributed by atoms with Gasteiger partial charge in [-0.25, -0.2) is 0 Å². The zero-order chi connectivity index (χ0) is 15.9. The first-order valence-corrected chi connectivity index (χ1v) is 8.20. The third-order valence-electron chi connectivity index (χ3n) is 4.35. The minimum atomic E-state index is -0.0978. The van der Waals surface area contributed by atoms with E-state index in [0.29, 0.717) is 19.1 Å². The van der Waals surface area contributed by atoms with Crippen LogP contribution >= 0.6 is 0 Å². The molecule has 0 spiro atoms. The van der Waals surface area contributed by atoms with E-state index in [1.165, 1.54) is 0 Å². The van der Waals surface area contributed by atoms with Crippen LogP contribution in [0.3, 0.4) is 0 Å². The number of nitrogens with one attached hydrogen (secondary N) is 1. The van der Waals surface area contributed by atoms with Crippen LogP contribution in [-0.4, -0.2) is 48.1 Å². The Kier molecular flexibility index (Phi) is 6.34. The molecule has 1 unspecified atom stereocenters. The maximum Gasteiger partial charge on any atom is 0.242 e. The van der Waals surface area contributed by atoms with Crippen LogP contribution < -0.4 is 5.32 Å². The topological polar surface area (TPSA) is 54.5 Å². The fraction of sp³-hybridized carbons (Fsp3) is 0.647. The van der Waals surface area contributed by atoms with Crippen molar-refractivity contribution in [3.05, 3.63) is 24.0 Å². The SMILES string of the molecule is CCC(CC)C(C(=O)Nc1cncc(C)c1)N1CCOCC1. The highest BCUT2D eigenvalue weighted by molar-refractivity contribution is 5.95. The van der Waals surface area contributed by atoms with Crippen molar-refractivity contribution in [1.29, 1.82) is 0 Å². The molecular weight excluding hydrogens is 278 g/mol. The minimum Gasteiger partial charge on any atom is -0.379 e. The summed E-state index contributed by atoms with van der Waals surface area (Å²) in [6.45, 7) is 9.34. The van der Waals surface area contributed by atoms with Crippen LogP contribution in [0.15, 0.2) is 18.5 Å². The van der Waals surface area contributed by atoms with Crippen LogP contribution in [0.4, 0.5) is 5.69 Å². The van der Waals surface area contributed by atoms with Crippen LogP contribution in [-0.2, 0) is 9.53 Å². The number of aromatic nitrogens is 1. The standard InChI is InChI=1S/C17H27N3O2/c1-4-14(5-2)16(20-6-8-22-9-7-20)17(21)19-15-10-13(3)11-18-12-15/h10-12,14,16H,4-9H2,1-3H3,(H,19,21). The van der Waals surface area contributed by atoms with Gasteiger partial charge in [-0.15, -0.1) is 0 Å². The molecule has 0 radical (unpaired) electrons. The molecule has 1 N–H and O–H groups in total. The highest BCUT2D eigenvalue weighted by Crippen LogP contribution is 2.22. The second-order valence-corrected chi connectivity index (χ2v) is 5.91. The Morgan fingerprint density at radius 3 is 2.59 bits per heavy atom. The molecule has 2 rings (SSSR count). The fourth-order valence-corrected chi connectivity index (χ4v) is 3.11. The van der Waals surface area contributed by atoms with Gasteiger partial charge in [0.1, 0.15) is 0 Å². The summed E-state index contributed by atoms with van der Waals surface area (Å²) >= 11 is 0. The Labute approximate surface area is 133 Å². The van der Waals surface area contributed by atoms with Gasteiger partial charge in [-0.05, 0) is 24.5 Å². The van der Waals surface area contributed by atoms with Gasteiger partial charge in [0.05, 0.1) is 31.1 Å². The van der Waals surface area contributed by atoms with E-state index in [1.807, 2.05) is 13.0 Å². The normalized spacial score (nSPS) is 17.5. The fourth-order valence-electron chi connectivity index (χ4n) is 3.11. The van der Waals surface area contributed by atoms with E-state index < -0.39 is 0 Å². The molecule has 1 amide bonds. The number of ether oxygens (including phenoxy) is 1. The molecule has 5 nitrogen and oxygen atoms in total. The lowest BCUT2D eigenvalue weighted by Crippen LogP contribution is -2.52. The molecule has 2 heterocycles. The Morgan fingerprint density at radius 2 is 2.00 bits per heavy atom. The second-order valence-electron chi connectivity index (χ2n) is 5.91. The van der Waals surface area contributed by atoms with Crippen LogP contribution in [0.25, 0.3) is 0 Å². The smallest absolute Gasteiger partial charge is 0.242 e. The van der Waals surface area contributed by atoms with Crippen molar-refractivity contribution in [2.24, 2.45) is 5.92 Å². The molecule has 0 aliphatic carbocycles. The zero-order valence-corrected chi connectivity index (χ0v) is 13.8. The van der Waals surface area contributed by atoms with Crippen molar-refractivity contribution in [3.63, 3.8) is 0 Å². The maximum atomic E-state index is 12.9. The van der Waals surface area contributed by atoms with Crippen molar-refractivity contribution in [1.82, 2.24) is 9.88 Å². The van der Waals surface area contributed by atoms with Crippen molar-refractivity contribution in [3.8, 4) is 0 Å². The number of hydrogen-bond donors (Lipinski definition) is 1. The zero-order valence-electron chi connectivity index (χ0n) is 13.8. The van der Waals surface area contributed by atoms with Crippen molar-refractivity contribution in [2.45, 2.75) is 39.7 Å². The first-order valence-electron chi connectivity index (χ1n) is 8.20. The molecule has 122 valence electrons. The maximum absolute atomic E-state index is 12.9. The van der Waals surface area contributed by atoms with E-state index in [0.717, 1.165) is 37.2 Å². The molecular formula is C17H27N3O2. The number of carbonyl (C=O) groups is 1. The number of anilines is 1. The summed E-state index contributed by atoms with van der Waals surface area (Å²) in [5.74, 6) is 0.430. The number of hydrogen-bond acceptors (Lipinski definition) is 4. The number of carbonyl (C=O) groups excluding carboxylic acids is 1. The first kappa shape index (κ1) is 16.9. The van der Waals surface area contributed by atoms with Crippen LogP contribution in [0, 0.1) is 12.8 Å². The second kappa shape index (κ2) is 8.25. The summed E-state index contributed by atoms with van der Waals surface area (Å²) in [7, 11) is 0. The third kappa shape index (κ3) is 4.27. The number of amides is 1. The Balaban J connectivity index is 2.14. The summed E-state index contributed by atoms with van der Waals surface area (Å²) in [6.07, 6.45) is 5.49. The quantitative estimate of drug-likeness (QED) is 0.877. The number of rotatable bonds is 6. The van der Waals surface area contributed by atoms with E-state index in [1.54, 1.807) is 12.4 Å². The number of aryl methyl sites for hydroxylation is 1. The van der Waals surface area contributed by atoms with Gasteiger partial charge < -0.3 is 10.1 Å². The van der Waals surface area contributed by atoms with Gasteiger partial charge in [0.25, 0.3) is 0 Å². The van der Waals surface area contributed by atoms with E-state index in [-0.39, 0.29) is 11.9 Å². The Morgan fingerprint density at radius 1 is 1.32 bits per heavy atom. The van der Waals surface area contributed by atoms with Crippen LogP contribution in [0.5, 0.6) is 0 Å². The van der Waals surface area contributed by atoms with Crippen molar-refractivity contribution in [2.75, 3.05) is 31.6 Å². The van der Waals surface area contributed by atoms with E-state index >= 15 is 0 Å². The molecule has 1 aromatic rings. The number of nitrogens with zero attached hydrogens (tertiary/aromatic N) is 2. The van der Waals surface area contributed by atoms with E-state index in [2.05, 4.69) is 29.0 Å². The Bertz CT molecular complexity index is 483. The molecule has 1 saturated heterocycles. The predicted molar refractivity (Wildman–Crippen MR) is 87.9 cm³/mol. The van der Waals surface area contributed by atoms with Crippen molar-refractivity contribution >= 4 is 11.6 Å². The molecule has 1 atom stereocenters. The average Bonchev–Trinajstić information content (AvgIpc) is 2.53. The van der Waals surface area contributed by atoms with Crippen LogP contribution in [0.2, 0.25) is 0 Å². The summed E-state index contributed by atoms with van der Waals surface area (Å²) in [4.78, 5) is 19.3. The molecule has 0 bridgehead atoms.